The minimum atomic E-state index is -0.00919. The standard InChI is InChI=1S/C20H28N4O/c1-3-7-17(12-15-8-5-4-6-9-15)22-18-10-11-19(25)23-20(18)16-13-21-24(2)14-16/h4-6,8-9,13-14,17-18,20,22H,3,7,10-12H2,1-2H3,(H,23,25)/t17-,18-,20+/m1/s1. The van der Waals surface area contributed by atoms with Crippen molar-refractivity contribution in [2.45, 2.75) is 57.2 Å². The lowest BCUT2D eigenvalue weighted by Crippen LogP contribution is -2.51. The molecule has 134 valence electrons. The van der Waals surface area contributed by atoms with E-state index in [-0.39, 0.29) is 18.0 Å². The van der Waals surface area contributed by atoms with Crippen molar-refractivity contribution < 1.29 is 4.79 Å². The van der Waals surface area contributed by atoms with Crippen molar-refractivity contribution in [3.8, 4) is 0 Å². The van der Waals surface area contributed by atoms with E-state index in [1.54, 1.807) is 4.68 Å². The minimum absolute atomic E-state index is 0.00919. The number of piperidine rings is 1. The highest BCUT2D eigenvalue weighted by Crippen LogP contribution is 2.25. The maximum atomic E-state index is 11.9. The molecule has 1 fully saturated rings. The van der Waals surface area contributed by atoms with Gasteiger partial charge in [-0.05, 0) is 24.8 Å². The second-order valence-electron chi connectivity index (χ2n) is 6.98. The number of aryl methyl sites for hydroxylation is 1. The predicted molar refractivity (Wildman–Crippen MR) is 99.1 cm³/mol. The molecule has 1 aliphatic rings. The zero-order valence-corrected chi connectivity index (χ0v) is 15.1. The molecule has 3 rings (SSSR count). The Morgan fingerprint density at radius 1 is 1.36 bits per heavy atom. The largest absolute Gasteiger partial charge is 0.348 e. The van der Waals surface area contributed by atoms with Crippen LogP contribution in [0.15, 0.2) is 42.7 Å². The molecule has 0 aliphatic carbocycles. The van der Waals surface area contributed by atoms with Crippen LogP contribution in [0.2, 0.25) is 0 Å². The summed E-state index contributed by atoms with van der Waals surface area (Å²) in [4.78, 5) is 11.9. The summed E-state index contributed by atoms with van der Waals surface area (Å²) in [5, 5.41) is 11.3. The molecule has 2 N–H and O–H groups in total. The van der Waals surface area contributed by atoms with E-state index in [0.717, 1.165) is 31.2 Å². The summed E-state index contributed by atoms with van der Waals surface area (Å²) in [6.45, 7) is 2.22. The van der Waals surface area contributed by atoms with Crippen LogP contribution in [0.4, 0.5) is 0 Å². The number of nitrogens with zero attached hydrogens (tertiary/aromatic N) is 2. The molecule has 0 saturated carbocycles. The van der Waals surface area contributed by atoms with Crippen LogP contribution in [0.25, 0.3) is 0 Å². The Morgan fingerprint density at radius 3 is 2.84 bits per heavy atom. The van der Waals surface area contributed by atoms with E-state index >= 15 is 0 Å². The average Bonchev–Trinajstić information content (AvgIpc) is 3.04. The summed E-state index contributed by atoms with van der Waals surface area (Å²) in [6, 6.07) is 11.3. The fourth-order valence-electron chi connectivity index (χ4n) is 3.69. The lowest BCUT2D eigenvalue weighted by atomic mass is 9.91. The van der Waals surface area contributed by atoms with Crippen molar-refractivity contribution in [1.82, 2.24) is 20.4 Å². The number of carbonyl (C=O) groups excluding carboxylic acids is 1. The van der Waals surface area contributed by atoms with Gasteiger partial charge in [0.05, 0.1) is 12.2 Å². The number of aromatic nitrogens is 2. The molecular formula is C20H28N4O. The molecule has 5 nitrogen and oxygen atoms in total. The van der Waals surface area contributed by atoms with Crippen LogP contribution in [-0.2, 0) is 18.3 Å². The first-order valence-corrected chi connectivity index (χ1v) is 9.23. The smallest absolute Gasteiger partial charge is 0.220 e. The van der Waals surface area contributed by atoms with E-state index in [9.17, 15) is 4.79 Å². The number of benzene rings is 1. The Hall–Kier alpha value is -2.14. The SMILES string of the molecule is CCC[C@H](Cc1ccccc1)N[C@@H]1CCC(=O)N[C@H]1c1cnn(C)c1. The van der Waals surface area contributed by atoms with Crippen molar-refractivity contribution >= 4 is 5.91 Å². The molecule has 1 amide bonds. The molecule has 2 heterocycles. The fourth-order valence-corrected chi connectivity index (χ4v) is 3.69. The van der Waals surface area contributed by atoms with E-state index in [2.05, 4.69) is 53.0 Å². The van der Waals surface area contributed by atoms with E-state index in [1.807, 2.05) is 19.4 Å². The van der Waals surface area contributed by atoms with Gasteiger partial charge >= 0.3 is 0 Å². The Morgan fingerprint density at radius 2 is 2.16 bits per heavy atom. The first-order chi connectivity index (χ1) is 12.2. The Kier molecular flexibility index (Phi) is 5.87. The first kappa shape index (κ1) is 17.7. The van der Waals surface area contributed by atoms with Crippen LogP contribution in [0, 0.1) is 0 Å². The van der Waals surface area contributed by atoms with Crippen LogP contribution in [0.1, 0.15) is 49.8 Å². The monoisotopic (exact) mass is 340 g/mol. The maximum absolute atomic E-state index is 11.9. The number of hydrogen-bond acceptors (Lipinski definition) is 3. The van der Waals surface area contributed by atoms with Crippen molar-refractivity contribution in [3.05, 3.63) is 53.9 Å². The van der Waals surface area contributed by atoms with Crippen molar-refractivity contribution in [1.29, 1.82) is 0 Å². The second-order valence-corrected chi connectivity index (χ2v) is 6.98. The molecule has 2 aromatic rings. The van der Waals surface area contributed by atoms with Gasteiger partial charge in [0.2, 0.25) is 5.91 Å². The molecule has 0 radical (unpaired) electrons. The molecule has 0 unspecified atom stereocenters. The molecule has 1 saturated heterocycles. The highest BCUT2D eigenvalue weighted by Gasteiger charge is 2.31. The van der Waals surface area contributed by atoms with Crippen LogP contribution < -0.4 is 10.6 Å². The first-order valence-electron chi connectivity index (χ1n) is 9.23. The molecule has 1 aromatic heterocycles. The molecule has 25 heavy (non-hydrogen) atoms. The predicted octanol–water partition coefficient (Wildman–Crippen LogP) is 2.74. The summed E-state index contributed by atoms with van der Waals surface area (Å²) in [5.74, 6) is 0.127. The molecule has 1 aromatic carbocycles. The normalized spacial score (nSPS) is 21.8. The van der Waals surface area contributed by atoms with Gasteiger partial charge in [-0.1, -0.05) is 43.7 Å². The van der Waals surface area contributed by atoms with Gasteiger partial charge in [0, 0.05) is 37.3 Å². The highest BCUT2D eigenvalue weighted by atomic mass is 16.1. The van der Waals surface area contributed by atoms with Gasteiger partial charge in [-0.2, -0.15) is 5.10 Å². The Bertz CT molecular complexity index is 682. The fraction of sp³-hybridized carbons (Fsp3) is 0.500. The van der Waals surface area contributed by atoms with Crippen LogP contribution >= 0.6 is 0 Å². The van der Waals surface area contributed by atoms with E-state index in [0.29, 0.717) is 12.5 Å². The van der Waals surface area contributed by atoms with Gasteiger partial charge in [-0.25, -0.2) is 0 Å². The number of amides is 1. The number of hydrogen-bond donors (Lipinski definition) is 2. The molecule has 3 atom stereocenters. The van der Waals surface area contributed by atoms with Gasteiger partial charge in [0.1, 0.15) is 0 Å². The lowest BCUT2D eigenvalue weighted by Gasteiger charge is -2.35. The summed E-state index contributed by atoms with van der Waals surface area (Å²) in [7, 11) is 1.91. The summed E-state index contributed by atoms with van der Waals surface area (Å²) < 4.78 is 1.79. The number of nitrogens with one attached hydrogen (secondary N) is 2. The minimum Gasteiger partial charge on any atom is -0.348 e. The average molecular weight is 340 g/mol. The van der Waals surface area contributed by atoms with E-state index < -0.39 is 0 Å². The maximum Gasteiger partial charge on any atom is 0.220 e. The van der Waals surface area contributed by atoms with E-state index in [1.165, 1.54) is 5.56 Å². The van der Waals surface area contributed by atoms with Crippen LogP contribution in [0.3, 0.4) is 0 Å². The lowest BCUT2D eigenvalue weighted by molar-refractivity contribution is -0.124. The molecular weight excluding hydrogens is 312 g/mol. The molecule has 1 aliphatic heterocycles. The van der Waals surface area contributed by atoms with Gasteiger partial charge in [-0.3, -0.25) is 9.48 Å². The Balaban J connectivity index is 1.73. The second kappa shape index (κ2) is 8.30. The summed E-state index contributed by atoms with van der Waals surface area (Å²) in [6.07, 6.45) is 8.58. The van der Waals surface area contributed by atoms with Gasteiger partial charge < -0.3 is 10.6 Å². The van der Waals surface area contributed by atoms with Crippen molar-refractivity contribution in [2.75, 3.05) is 0 Å². The topological polar surface area (TPSA) is 59.0 Å². The van der Waals surface area contributed by atoms with Crippen molar-refractivity contribution in [3.63, 3.8) is 0 Å². The van der Waals surface area contributed by atoms with Gasteiger partial charge in [0.25, 0.3) is 0 Å². The molecule has 0 spiro atoms. The van der Waals surface area contributed by atoms with E-state index in [4.69, 9.17) is 0 Å². The number of carbonyl (C=O) groups is 1. The molecule has 0 bridgehead atoms. The summed E-state index contributed by atoms with van der Waals surface area (Å²) in [5.41, 5.74) is 2.43. The third-order valence-corrected chi connectivity index (χ3v) is 4.90. The van der Waals surface area contributed by atoms with Crippen LogP contribution in [-0.4, -0.2) is 27.8 Å². The van der Waals surface area contributed by atoms with Gasteiger partial charge in [-0.15, -0.1) is 0 Å². The zero-order valence-electron chi connectivity index (χ0n) is 15.1. The highest BCUT2D eigenvalue weighted by molar-refractivity contribution is 5.77. The quantitative estimate of drug-likeness (QED) is 0.815. The Labute approximate surface area is 149 Å². The summed E-state index contributed by atoms with van der Waals surface area (Å²) >= 11 is 0. The molecule has 5 heteroatoms. The van der Waals surface area contributed by atoms with Crippen LogP contribution in [0.5, 0.6) is 0 Å². The third-order valence-electron chi connectivity index (χ3n) is 4.90. The third kappa shape index (κ3) is 4.69. The zero-order chi connectivity index (χ0) is 17.6. The van der Waals surface area contributed by atoms with Crippen molar-refractivity contribution in [2.24, 2.45) is 7.05 Å². The van der Waals surface area contributed by atoms with Gasteiger partial charge in [0.15, 0.2) is 0 Å². The number of rotatable bonds is 7.